The topological polar surface area (TPSA) is 92.9 Å². The lowest BCUT2D eigenvalue weighted by Gasteiger charge is -2.40. The maximum atomic E-state index is 15.9. The molecule has 4 aromatic heterocycles. The van der Waals surface area contributed by atoms with Gasteiger partial charge in [0.2, 0.25) is 0 Å². The summed E-state index contributed by atoms with van der Waals surface area (Å²) < 4.78 is 18.1. The van der Waals surface area contributed by atoms with Crippen molar-refractivity contribution in [2.45, 2.75) is 50.9 Å². The van der Waals surface area contributed by atoms with Gasteiger partial charge in [0.15, 0.2) is 17.1 Å². The zero-order chi connectivity index (χ0) is 26.1. The quantitative estimate of drug-likeness (QED) is 0.400. The third-order valence-corrected chi connectivity index (χ3v) is 7.73. The molecule has 10 heteroatoms. The van der Waals surface area contributed by atoms with Gasteiger partial charge in [-0.2, -0.15) is 0 Å². The number of piperidine rings is 2. The molecule has 0 spiro atoms. The summed E-state index contributed by atoms with van der Waals surface area (Å²) in [5.74, 6) is 1.14. The second-order valence-electron chi connectivity index (χ2n) is 10.3. The van der Waals surface area contributed by atoms with Crippen LogP contribution in [0.3, 0.4) is 0 Å². The fourth-order valence-corrected chi connectivity index (χ4v) is 5.60. The van der Waals surface area contributed by atoms with Crippen molar-refractivity contribution in [2.75, 3.05) is 26.2 Å². The fourth-order valence-electron chi connectivity index (χ4n) is 5.60. The maximum absolute atomic E-state index is 15.9. The highest BCUT2D eigenvalue weighted by Gasteiger charge is 2.45. The van der Waals surface area contributed by atoms with E-state index < -0.39 is 5.67 Å². The number of hydrogen-bond acceptors (Lipinski definition) is 7. The van der Waals surface area contributed by atoms with E-state index in [9.17, 15) is 4.79 Å². The van der Waals surface area contributed by atoms with Gasteiger partial charge in [-0.25, -0.2) is 24.3 Å². The van der Waals surface area contributed by atoms with Crippen LogP contribution in [0.2, 0.25) is 0 Å². The van der Waals surface area contributed by atoms with Crippen molar-refractivity contribution in [3.05, 3.63) is 66.5 Å². The van der Waals surface area contributed by atoms with Gasteiger partial charge in [-0.1, -0.05) is 6.07 Å². The van der Waals surface area contributed by atoms with E-state index in [0.717, 1.165) is 34.1 Å². The van der Waals surface area contributed by atoms with E-state index in [0.29, 0.717) is 45.6 Å². The number of nitrogens with zero attached hydrogens (tertiary/aromatic N) is 8. The van der Waals surface area contributed by atoms with Gasteiger partial charge in [-0.05, 0) is 44.0 Å². The monoisotopic (exact) mass is 514 g/mol. The van der Waals surface area contributed by atoms with E-state index in [1.165, 1.54) is 0 Å². The number of hydrogen-bond donors (Lipinski definition) is 0. The first-order valence-corrected chi connectivity index (χ1v) is 13.2. The van der Waals surface area contributed by atoms with Crippen LogP contribution in [0.5, 0.6) is 0 Å². The number of halogens is 1. The molecule has 9 nitrogen and oxygen atoms in total. The molecule has 0 bridgehead atoms. The van der Waals surface area contributed by atoms with Gasteiger partial charge in [-0.15, -0.1) is 0 Å². The van der Waals surface area contributed by atoms with Crippen LogP contribution in [0, 0.1) is 6.92 Å². The number of carbonyl (C=O) groups is 1. The minimum atomic E-state index is -1.81. The Labute approximate surface area is 220 Å². The van der Waals surface area contributed by atoms with Gasteiger partial charge in [0.05, 0.1) is 0 Å². The molecule has 0 aliphatic carbocycles. The Hall–Kier alpha value is -3.79. The first kappa shape index (κ1) is 24.5. The van der Waals surface area contributed by atoms with Crippen LogP contribution in [0.25, 0.3) is 22.7 Å². The van der Waals surface area contributed by atoms with Crippen LogP contribution in [-0.2, 0) is 11.3 Å². The molecule has 4 aromatic rings. The molecule has 2 fully saturated rings. The molecule has 0 aromatic carbocycles. The summed E-state index contributed by atoms with van der Waals surface area (Å²) in [5.41, 5.74) is 1.61. The molecule has 196 valence electrons. The molecule has 0 saturated carbocycles. The van der Waals surface area contributed by atoms with Gasteiger partial charge >= 0.3 is 0 Å². The molecule has 2 aliphatic heterocycles. The normalized spacial score (nSPS) is 18.6. The molecule has 0 atom stereocenters. The Morgan fingerprint density at radius 3 is 2.42 bits per heavy atom. The van der Waals surface area contributed by atoms with Crippen LogP contribution in [-0.4, -0.2) is 77.0 Å². The maximum Gasteiger partial charge on any atom is 0.260 e. The van der Waals surface area contributed by atoms with Crippen LogP contribution in [0.4, 0.5) is 4.39 Å². The third-order valence-electron chi connectivity index (χ3n) is 7.73. The first-order valence-electron chi connectivity index (χ1n) is 13.2. The standard InChI is InChI=1S/C28H31FN8O/c1-20-32-17-21(18-33-20)19-35-15-9-28(29,10-16-35)27(38)36-13-7-22(8-14-36)37-25-24(6-4-12-31-25)34-26(37)23-5-2-3-11-30-23/h2-6,11-12,17-18,22H,7-10,13-16,19H2,1H3. The molecule has 1 amide bonds. The predicted molar refractivity (Wildman–Crippen MR) is 141 cm³/mol. The zero-order valence-electron chi connectivity index (χ0n) is 21.5. The number of amides is 1. The van der Waals surface area contributed by atoms with E-state index >= 15 is 4.39 Å². The Morgan fingerprint density at radius 2 is 1.71 bits per heavy atom. The van der Waals surface area contributed by atoms with Crippen molar-refractivity contribution in [3.63, 3.8) is 0 Å². The predicted octanol–water partition coefficient (Wildman–Crippen LogP) is 3.76. The lowest BCUT2D eigenvalue weighted by Crippen LogP contribution is -2.53. The number of alkyl halides is 1. The summed E-state index contributed by atoms with van der Waals surface area (Å²) in [4.78, 5) is 39.6. The minimum Gasteiger partial charge on any atom is -0.340 e. The fraction of sp³-hybridized carbons (Fsp3) is 0.429. The summed E-state index contributed by atoms with van der Waals surface area (Å²) in [5, 5.41) is 0. The highest BCUT2D eigenvalue weighted by molar-refractivity contribution is 5.85. The van der Waals surface area contributed by atoms with Crippen molar-refractivity contribution in [3.8, 4) is 11.5 Å². The lowest BCUT2D eigenvalue weighted by molar-refractivity contribution is -0.148. The van der Waals surface area contributed by atoms with Crippen LogP contribution >= 0.6 is 0 Å². The van der Waals surface area contributed by atoms with Crippen LogP contribution < -0.4 is 0 Å². The largest absolute Gasteiger partial charge is 0.340 e. The molecule has 38 heavy (non-hydrogen) atoms. The van der Waals surface area contributed by atoms with Gasteiger partial charge in [0.25, 0.3) is 5.91 Å². The number of aromatic nitrogens is 6. The highest BCUT2D eigenvalue weighted by atomic mass is 19.1. The first-order chi connectivity index (χ1) is 18.5. The molecule has 6 heterocycles. The number of carbonyl (C=O) groups excluding carboxylic acids is 1. The van der Waals surface area contributed by atoms with Crippen molar-refractivity contribution < 1.29 is 9.18 Å². The number of likely N-dealkylation sites (tertiary alicyclic amines) is 2. The number of fused-ring (bicyclic) bond motifs is 1. The summed E-state index contributed by atoms with van der Waals surface area (Å²) in [6.07, 6.45) is 8.99. The smallest absolute Gasteiger partial charge is 0.260 e. The second-order valence-corrected chi connectivity index (χ2v) is 10.3. The molecule has 2 aliphatic rings. The van der Waals surface area contributed by atoms with E-state index in [1.807, 2.05) is 49.6 Å². The average Bonchev–Trinajstić information content (AvgIpc) is 3.35. The molecule has 0 N–H and O–H groups in total. The molecular weight excluding hydrogens is 483 g/mol. The van der Waals surface area contributed by atoms with Crippen molar-refractivity contribution in [1.82, 2.24) is 39.3 Å². The average molecular weight is 515 g/mol. The summed E-state index contributed by atoms with van der Waals surface area (Å²) in [6, 6.07) is 9.71. The highest BCUT2D eigenvalue weighted by Crippen LogP contribution is 2.35. The van der Waals surface area contributed by atoms with E-state index in [1.54, 1.807) is 17.3 Å². The van der Waals surface area contributed by atoms with Gasteiger partial charge in [0.1, 0.15) is 17.0 Å². The number of rotatable bonds is 5. The van der Waals surface area contributed by atoms with Crippen molar-refractivity contribution >= 4 is 17.1 Å². The summed E-state index contributed by atoms with van der Waals surface area (Å²) in [6.45, 7) is 4.60. The van der Waals surface area contributed by atoms with Crippen LogP contribution in [0.1, 0.15) is 43.1 Å². The molecule has 6 rings (SSSR count). The lowest BCUT2D eigenvalue weighted by atomic mass is 9.90. The van der Waals surface area contributed by atoms with Crippen molar-refractivity contribution in [1.29, 1.82) is 0 Å². The Balaban J connectivity index is 1.12. The summed E-state index contributed by atoms with van der Waals surface area (Å²) >= 11 is 0. The minimum absolute atomic E-state index is 0.102. The van der Waals surface area contributed by atoms with Crippen LogP contribution in [0.15, 0.2) is 55.1 Å². The Bertz CT molecular complexity index is 1410. The molecule has 2 saturated heterocycles. The molecule has 0 unspecified atom stereocenters. The second kappa shape index (κ2) is 10.2. The summed E-state index contributed by atoms with van der Waals surface area (Å²) in [7, 11) is 0. The number of pyridine rings is 2. The third kappa shape index (κ3) is 4.76. The van der Waals surface area contributed by atoms with Gasteiger partial charge in [-0.3, -0.25) is 14.7 Å². The van der Waals surface area contributed by atoms with E-state index in [2.05, 4.69) is 29.4 Å². The number of aryl methyl sites for hydroxylation is 1. The molecular formula is C28H31FN8O. The Kier molecular flexibility index (Phi) is 6.57. The van der Waals surface area contributed by atoms with Gasteiger partial charge < -0.3 is 9.47 Å². The Morgan fingerprint density at radius 1 is 0.974 bits per heavy atom. The zero-order valence-corrected chi connectivity index (χ0v) is 21.5. The SMILES string of the molecule is Cc1ncc(CN2CCC(F)(C(=O)N3CCC(n4c(-c5ccccn5)nc5cccnc54)CC3)CC2)cn1. The number of imidazole rings is 1. The van der Waals surface area contributed by atoms with Gasteiger partial charge in [0, 0.05) is 82.0 Å². The van der Waals surface area contributed by atoms with E-state index in [-0.39, 0.29) is 24.8 Å². The molecule has 0 radical (unpaired) electrons. The van der Waals surface area contributed by atoms with Crippen molar-refractivity contribution in [2.24, 2.45) is 0 Å². The van der Waals surface area contributed by atoms with E-state index in [4.69, 9.17) is 4.98 Å².